The number of benzene rings is 2. The van der Waals surface area contributed by atoms with E-state index in [0.717, 1.165) is 19.6 Å². The van der Waals surface area contributed by atoms with Crippen molar-refractivity contribution >= 4 is 5.97 Å². The van der Waals surface area contributed by atoms with Crippen LogP contribution < -0.4 is 5.32 Å². The number of aryl methyl sites for hydroxylation is 1. The topological polar surface area (TPSA) is 52.6 Å². The Kier molecular flexibility index (Phi) is 4.74. The first kappa shape index (κ1) is 15.7. The Morgan fingerprint density at radius 2 is 1.74 bits per heavy atom. The summed E-state index contributed by atoms with van der Waals surface area (Å²) in [5, 5.41) is 12.1. The fourth-order valence-corrected chi connectivity index (χ4v) is 2.93. The highest BCUT2D eigenvalue weighted by Gasteiger charge is 2.24. The van der Waals surface area contributed by atoms with E-state index in [0.29, 0.717) is 6.54 Å². The average Bonchev–Trinajstić information content (AvgIpc) is 2.57. The summed E-state index contributed by atoms with van der Waals surface area (Å²) in [6.45, 7) is 5.03. The molecule has 2 N–H and O–H groups in total. The Labute approximate surface area is 136 Å². The molecule has 1 heterocycles. The summed E-state index contributed by atoms with van der Waals surface area (Å²) in [4.78, 5) is 13.3. The third-order valence-electron chi connectivity index (χ3n) is 4.30. The molecule has 0 bridgehead atoms. The first-order chi connectivity index (χ1) is 11.1. The number of hydrogen-bond acceptors (Lipinski definition) is 3. The van der Waals surface area contributed by atoms with Gasteiger partial charge in [-0.1, -0.05) is 54.1 Å². The minimum absolute atomic E-state index is 0.462. The lowest BCUT2D eigenvalue weighted by atomic mass is 10.0. The van der Waals surface area contributed by atoms with E-state index >= 15 is 0 Å². The number of nitrogens with one attached hydrogen (secondary N) is 1. The molecule has 3 rings (SSSR count). The zero-order valence-corrected chi connectivity index (χ0v) is 13.3. The minimum Gasteiger partial charge on any atom is -0.480 e. The van der Waals surface area contributed by atoms with Gasteiger partial charge in [0.05, 0.1) is 0 Å². The zero-order chi connectivity index (χ0) is 16.2. The van der Waals surface area contributed by atoms with Gasteiger partial charge in [0.15, 0.2) is 0 Å². The molecular weight excluding hydrogens is 288 g/mol. The smallest absolute Gasteiger partial charge is 0.322 e. The van der Waals surface area contributed by atoms with Gasteiger partial charge in [-0.15, -0.1) is 0 Å². The van der Waals surface area contributed by atoms with Gasteiger partial charge in [0.25, 0.3) is 0 Å². The molecule has 1 aliphatic heterocycles. The minimum atomic E-state index is -0.774. The SMILES string of the molecule is Cc1ccc(-c2ccc(CN3CCNC(C(=O)O)C3)cc2)cc1. The molecule has 23 heavy (non-hydrogen) atoms. The van der Waals surface area contributed by atoms with Gasteiger partial charge in [-0.25, -0.2) is 0 Å². The number of aliphatic carboxylic acids is 1. The Balaban J connectivity index is 1.65. The van der Waals surface area contributed by atoms with Crippen LogP contribution in [0, 0.1) is 6.92 Å². The largest absolute Gasteiger partial charge is 0.480 e. The summed E-state index contributed by atoms with van der Waals surface area (Å²) >= 11 is 0. The van der Waals surface area contributed by atoms with Gasteiger partial charge in [0.2, 0.25) is 0 Å². The molecule has 1 saturated heterocycles. The van der Waals surface area contributed by atoms with E-state index < -0.39 is 12.0 Å². The summed E-state index contributed by atoms with van der Waals surface area (Å²) in [5.74, 6) is -0.774. The summed E-state index contributed by atoms with van der Waals surface area (Å²) in [7, 11) is 0. The molecule has 1 unspecified atom stereocenters. The van der Waals surface area contributed by atoms with Crippen molar-refractivity contribution in [1.29, 1.82) is 0 Å². The predicted molar refractivity (Wildman–Crippen MR) is 91.3 cm³/mol. The predicted octanol–water partition coefficient (Wildman–Crippen LogP) is 2.52. The van der Waals surface area contributed by atoms with Crippen molar-refractivity contribution in [2.45, 2.75) is 19.5 Å². The summed E-state index contributed by atoms with van der Waals surface area (Å²) in [6, 6.07) is 16.6. The number of hydrogen-bond donors (Lipinski definition) is 2. The number of carboxylic acids is 1. The molecule has 1 fully saturated rings. The van der Waals surface area contributed by atoms with Crippen LogP contribution in [0.1, 0.15) is 11.1 Å². The van der Waals surface area contributed by atoms with Gasteiger partial charge in [0.1, 0.15) is 6.04 Å². The van der Waals surface area contributed by atoms with Crippen molar-refractivity contribution in [2.75, 3.05) is 19.6 Å². The third kappa shape index (κ3) is 3.97. The number of rotatable bonds is 4. The molecule has 1 aliphatic rings. The van der Waals surface area contributed by atoms with Crippen LogP contribution in [0.25, 0.3) is 11.1 Å². The third-order valence-corrected chi connectivity index (χ3v) is 4.30. The molecular formula is C19H22N2O2. The summed E-state index contributed by atoms with van der Waals surface area (Å²) in [5.41, 5.74) is 4.90. The van der Waals surface area contributed by atoms with Gasteiger partial charge in [-0.05, 0) is 23.6 Å². The lowest BCUT2D eigenvalue weighted by Crippen LogP contribution is -2.53. The number of piperazine rings is 1. The molecule has 2 aromatic rings. The monoisotopic (exact) mass is 310 g/mol. The highest BCUT2D eigenvalue weighted by molar-refractivity contribution is 5.73. The quantitative estimate of drug-likeness (QED) is 0.911. The summed E-state index contributed by atoms with van der Waals surface area (Å²) < 4.78 is 0. The van der Waals surface area contributed by atoms with Gasteiger partial charge in [-0.3, -0.25) is 9.69 Å². The van der Waals surface area contributed by atoms with Crippen LogP contribution in [0.2, 0.25) is 0 Å². The maximum Gasteiger partial charge on any atom is 0.322 e. The van der Waals surface area contributed by atoms with Crippen molar-refractivity contribution in [3.8, 4) is 11.1 Å². The molecule has 0 saturated carbocycles. The van der Waals surface area contributed by atoms with Crippen LogP contribution >= 0.6 is 0 Å². The Morgan fingerprint density at radius 3 is 2.35 bits per heavy atom. The highest BCUT2D eigenvalue weighted by Crippen LogP contribution is 2.21. The molecule has 1 atom stereocenters. The van der Waals surface area contributed by atoms with Crippen molar-refractivity contribution < 1.29 is 9.90 Å². The van der Waals surface area contributed by atoms with E-state index in [1.807, 2.05) is 0 Å². The van der Waals surface area contributed by atoms with Gasteiger partial charge >= 0.3 is 5.97 Å². The molecule has 0 aromatic heterocycles. The van der Waals surface area contributed by atoms with Gasteiger partial charge in [0, 0.05) is 26.2 Å². The lowest BCUT2D eigenvalue weighted by molar-refractivity contribution is -0.140. The van der Waals surface area contributed by atoms with Crippen LogP contribution in [0.15, 0.2) is 48.5 Å². The van der Waals surface area contributed by atoms with E-state index in [4.69, 9.17) is 5.11 Å². The first-order valence-electron chi connectivity index (χ1n) is 7.96. The normalized spacial score (nSPS) is 18.7. The molecule has 4 nitrogen and oxygen atoms in total. The second-order valence-corrected chi connectivity index (χ2v) is 6.14. The fraction of sp³-hybridized carbons (Fsp3) is 0.316. The number of nitrogens with zero attached hydrogens (tertiary/aromatic N) is 1. The number of carbonyl (C=O) groups is 1. The average molecular weight is 310 g/mol. The van der Waals surface area contributed by atoms with Crippen LogP contribution in [-0.2, 0) is 11.3 Å². The van der Waals surface area contributed by atoms with E-state index in [9.17, 15) is 4.79 Å². The van der Waals surface area contributed by atoms with Crippen molar-refractivity contribution in [3.63, 3.8) is 0 Å². The standard InChI is InChI=1S/C19H22N2O2/c1-14-2-6-16(7-3-14)17-8-4-15(5-9-17)12-21-11-10-20-18(13-21)19(22)23/h2-9,18,20H,10-13H2,1H3,(H,22,23). The Morgan fingerprint density at radius 1 is 1.13 bits per heavy atom. The van der Waals surface area contributed by atoms with Crippen molar-refractivity contribution in [3.05, 3.63) is 59.7 Å². The van der Waals surface area contributed by atoms with Crippen molar-refractivity contribution in [1.82, 2.24) is 10.2 Å². The van der Waals surface area contributed by atoms with E-state index in [1.54, 1.807) is 0 Å². The zero-order valence-electron chi connectivity index (χ0n) is 13.3. The molecule has 0 amide bonds. The van der Waals surface area contributed by atoms with E-state index in [-0.39, 0.29) is 0 Å². The fourth-order valence-electron chi connectivity index (χ4n) is 2.93. The van der Waals surface area contributed by atoms with Crippen LogP contribution in [0.4, 0.5) is 0 Å². The molecule has 2 aromatic carbocycles. The maximum absolute atomic E-state index is 11.1. The first-order valence-corrected chi connectivity index (χ1v) is 7.96. The van der Waals surface area contributed by atoms with Gasteiger partial charge < -0.3 is 10.4 Å². The van der Waals surface area contributed by atoms with Gasteiger partial charge in [-0.2, -0.15) is 0 Å². The lowest BCUT2D eigenvalue weighted by Gasteiger charge is -2.31. The molecule has 0 radical (unpaired) electrons. The Bertz CT molecular complexity index is 665. The molecule has 4 heteroatoms. The van der Waals surface area contributed by atoms with Crippen LogP contribution in [0.3, 0.4) is 0 Å². The van der Waals surface area contributed by atoms with E-state index in [1.165, 1.54) is 22.3 Å². The van der Waals surface area contributed by atoms with Crippen molar-refractivity contribution in [2.24, 2.45) is 0 Å². The van der Waals surface area contributed by atoms with Crippen LogP contribution in [-0.4, -0.2) is 41.7 Å². The molecule has 0 aliphatic carbocycles. The summed E-state index contributed by atoms with van der Waals surface area (Å²) in [6.07, 6.45) is 0. The van der Waals surface area contributed by atoms with Crippen LogP contribution in [0.5, 0.6) is 0 Å². The molecule has 120 valence electrons. The maximum atomic E-state index is 11.1. The highest BCUT2D eigenvalue weighted by atomic mass is 16.4. The number of carboxylic acid groups (broad SMARTS) is 1. The van der Waals surface area contributed by atoms with E-state index in [2.05, 4.69) is 65.7 Å². The Hall–Kier alpha value is -2.17. The molecule has 0 spiro atoms. The second-order valence-electron chi connectivity index (χ2n) is 6.14. The second kappa shape index (κ2) is 6.94.